The van der Waals surface area contributed by atoms with Crippen LogP contribution in [0.3, 0.4) is 0 Å². The number of carbonyl (C=O) groups excluding carboxylic acids is 2. The Morgan fingerprint density at radius 3 is 2.35 bits per heavy atom. The second-order valence-corrected chi connectivity index (χ2v) is 4.86. The van der Waals surface area contributed by atoms with Crippen molar-refractivity contribution >= 4 is 23.2 Å². The van der Waals surface area contributed by atoms with Crippen LogP contribution in [0.25, 0.3) is 0 Å². The second kappa shape index (κ2) is 7.53. The van der Waals surface area contributed by atoms with Crippen LogP contribution >= 0.6 is 0 Å². The Balaban J connectivity index is 2.50. The van der Waals surface area contributed by atoms with Gasteiger partial charge in [-0.2, -0.15) is 0 Å². The lowest BCUT2D eigenvalue weighted by molar-refractivity contribution is -0.120. The van der Waals surface area contributed by atoms with Crippen molar-refractivity contribution in [3.05, 3.63) is 24.3 Å². The lowest BCUT2D eigenvalue weighted by atomic mass is 10.2. The molecule has 2 amide bonds. The zero-order chi connectivity index (χ0) is 15.1. The van der Waals surface area contributed by atoms with Crippen molar-refractivity contribution in [2.75, 3.05) is 23.8 Å². The van der Waals surface area contributed by atoms with Crippen molar-refractivity contribution < 1.29 is 9.59 Å². The highest BCUT2D eigenvalue weighted by Crippen LogP contribution is 2.16. The maximum atomic E-state index is 11.6. The van der Waals surface area contributed by atoms with Crippen LogP contribution in [0.2, 0.25) is 0 Å². The maximum Gasteiger partial charge on any atom is 0.239 e. The number of carbonyl (C=O) groups is 2. The van der Waals surface area contributed by atoms with E-state index in [4.69, 9.17) is 0 Å². The summed E-state index contributed by atoms with van der Waals surface area (Å²) in [4.78, 5) is 24.4. The first-order valence-electron chi connectivity index (χ1n) is 6.81. The molecule has 0 radical (unpaired) electrons. The molecule has 0 aromatic heterocycles. The van der Waals surface area contributed by atoms with E-state index in [2.05, 4.69) is 10.6 Å². The van der Waals surface area contributed by atoms with Gasteiger partial charge in [-0.15, -0.1) is 0 Å². The van der Waals surface area contributed by atoms with E-state index in [0.717, 1.165) is 17.8 Å². The molecule has 1 aromatic carbocycles. The Hall–Kier alpha value is -2.04. The highest BCUT2D eigenvalue weighted by Gasteiger charge is 2.06. The number of amides is 2. The first kappa shape index (κ1) is 16.0. The fraction of sp³-hybridized carbons (Fsp3) is 0.467. The zero-order valence-electron chi connectivity index (χ0n) is 12.6. The van der Waals surface area contributed by atoms with Gasteiger partial charge in [-0.1, -0.05) is 6.92 Å². The Morgan fingerprint density at radius 2 is 1.85 bits per heavy atom. The van der Waals surface area contributed by atoms with Crippen LogP contribution in [0.4, 0.5) is 11.4 Å². The standard InChI is InChI=1S/C15H23N3O2/c1-5-11(2)17-15(20)10-16-13-6-8-14(9-7-13)18(4)12(3)19/h6-9,11,16H,5,10H2,1-4H3,(H,17,20). The zero-order valence-corrected chi connectivity index (χ0v) is 12.6. The molecule has 0 aliphatic carbocycles. The third-order valence-corrected chi connectivity index (χ3v) is 3.20. The minimum atomic E-state index is -0.0238. The van der Waals surface area contributed by atoms with Crippen molar-refractivity contribution in [1.29, 1.82) is 0 Å². The first-order valence-corrected chi connectivity index (χ1v) is 6.81. The summed E-state index contributed by atoms with van der Waals surface area (Å²) in [5, 5.41) is 5.94. The van der Waals surface area contributed by atoms with E-state index < -0.39 is 0 Å². The van der Waals surface area contributed by atoms with Gasteiger partial charge in [0.2, 0.25) is 11.8 Å². The molecule has 20 heavy (non-hydrogen) atoms. The molecule has 0 heterocycles. The summed E-state index contributed by atoms with van der Waals surface area (Å²) in [7, 11) is 1.73. The predicted molar refractivity (Wildman–Crippen MR) is 81.9 cm³/mol. The summed E-state index contributed by atoms with van der Waals surface area (Å²) in [6.07, 6.45) is 0.915. The first-order chi connectivity index (χ1) is 9.43. The van der Waals surface area contributed by atoms with Crippen molar-refractivity contribution in [2.24, 2.45) is 0 Å². The summed E-state index contributed by atoms with van der Waals surface area (Å²) in [6, 6.07) is 7.58. The molecule has 5 nitrogen and oxygen atoms in total. The van der Waals surface area contributed by atoms with E-state index in [-0.39, 0.29) is 24.4 Å². The second-order valence-electron chi connectivity index (χ2n) is 4.86. The highest BCUT2D eigenvalue weighted by molar-refractivity contribution is 5.91. The predicted octanol–water partition coefficient (Wildman–Crippen LogP) is 2.00. The molecule has 0 fully saturated rings. The molecule has 0 aliphatic heterocycles. The number of nitrogens with zero attached hydrogens (tertiary/aromatic N) is 1. The van der Waals surface area contributed by atoms with Crippen LogP contribution in [0.5, 0.6) is 0 Å². The van der Waals surface area contributed by atoms with E-state index in [0.29, 0.717) is 0 Å². The number of hydrogen-bond donors (Lipinski definition) is 2. The largest absolute Gasteiger partial charge is 0.376 e. The molecule has 0 saturated carbocycles. The normalized spacial score (nSPS) is 11.6. The molecule has 2 N–H and O–H groups in total. The highest BCUT2D eigenvalue weighted by atomic mass is 16.2. The van der Waals surface area contributed by atoms with Crippen LogP contribution in [0.15, 0.2) is 24.3 Å². The average molecular weight is 277 g/mol. The van der Waals surface area contributed by atoms with Crippen LogP contribution < -0.4 is 15.5 Å². The molecule has 1 aromatic rings. The van der Waals surface area contributed by atoms with Gasteiger partial charge >= 0.3 is 0 Å². The van der Waals surface area contributed by atoms with Crippen LogP contribution in [-0.2, 0) is 9.59 Å². The molecule has 110 valence electrons. The van der Waals surface area contributed by atoms with Crippen LogP contribution in [-0.4, -0.2) is 31.4 Å². The van der Waals surface area contributed by atoms with Crippen molar-refractivity contribution in [3.63, 3.8) is 0 Å². The van der Waals surface area contributed by atoms with Crippen molar-refractivity contribution in [2.45, 2.75) is 33.2 Å². The van der Waals surface area contributed by atoms with Gasteiger partial charge < -0.3 is 15.5 Å². The SMILES string of the molecule is CCC(C)NC(=O)CNc1ccc(N(C)C(C)=O)cc1. The van der Waals surface area contributed by atoms with Gasteiger partial charge in [0.15, 0.2) is 0 Å². The Labute approximate surface area is 120 Å². The van der Waals surface area contributed by atoms with Gasteiger partial charge in [0.05, 0.1) is 6.54 Å². The third kappa shape index (κ3) is 4.91. The van der Waals surface area contributed by atoms with Gasteiger partial charge in [-0.05, 0) is 37.6 Å². The van der Waals surface area contributed by atoms with E-state index >= 15 is 0 Å². The molecule has 1 rings (SSSR count). The fourth-order valence-corrected chi connectivity index (χ4v) is 1.59. The van der Waals surface area contributed by atoms with Gasteiger partial charge in [-0.3, -0.25) is 9.59 Å². The fourth-order valence-electron chi connectivity index (χ4n) is 1.59. The summed E-state index contributed by atoms with van der Waals surface area (Å²) in [5.41, 5.74) is 1.68. The summed E-state index contributed by atoms with van der Waals surface area (Å²) < 4.78 is 0. The molecule has 0 bridgehead atoms. The number of hydrogen-bond acceptors (Lipinski definition) is 3. The molecule has 1 atom stereocenters. The average Bonchev–Trinajstić information content (AvgIpc) is 2.44. The molecule has 0 spiro atoms. The number of anilines is 2. The molecule has 0 saturated heterocycles. The lowest BCUT2D eigenvalue weighted by Gasteiger charge is -2.16. The van der Waals surface area contributed by atoms with E-state index in [1.807, 2.05) is 38.1 Å². The minimum absolute atomic E-state index is 0.0151. The molecule has 0 aliphatic rings. The van der Waals surface area contributed by atoms with Crippen molar-refractivity contribution in [3.8, 4) is 0 Å². The Kier molecular flexibility index (Phi) is 6.03. The Morgan fingerprint density at radius 1 is 1.25 bits per heavy atom. The Bertz CT molecular complexity index is 457. The van der Waals surface area contributed by atoms with Gasteiger partial charge in [0.1, 0.15) is 0 Å². The molecular formula is C15H23N3O2. The van der Waals surface area contributed by atoms with E-state index in [1.165, 1.54) is 6.92 Å². The van der Waals surface area contributed by atoms with Gasteiger partial charge in [-0.25, -0.2) is 0 Å². The number of benzene rings is 1. The monoisotopic (exact) mass is 277 g/mol. The van der Waals surface area contributed by atoms with Crippen LogP contribution in [0, 0.1) is 0 Å². The van der Waals surface area contributed by atoms with E-state index in [1.54, 1.807) is 11.9 Å². The molecular weight excluding hydrogens is 254 g/mol. The minimum Gasteiger partial charge on any atom is -0.376 e. The topological polar surface area (TPSA) is 61.4 Å². The van der Waals surface area contributed by atoms with Crippen molar-refractivity contribution in [1.82, 2.24) is 5.32 Å². The summed E-state index contributed by atoms with van der Waals surface area (Å²) in [5.74, 6) is -0.0390. The van der Waals surface area contributed by atoms with Gasteiger partial charge in [0, 0.05) is 31.4 Å². The number of rotatable bonds is 6. The quantitative estimate of drug-likeness (QED) is 0.836. The molecule has 1 unspecified atom stereocenters. The lowest BCUT2D eigenvalue weighted by Crippen LogP contribution is -2.36. The summed E-state index contributed by atoms with van der Waals surface area (Å²) >= 11 is 0. The third-order valence-electron chi connectivity index (χ3n) is 3.20. The maximum absolute atomic E-state index is 11.6. The van der Waals surface area contributed by atoms with Crippen LogP contribution in [0.1, 0.15) is 27.2 Å². The summed E-state index contributed by atoms with van der Waals surface area (Å²) in [6.45, 7) is 5.77. The number of nitrogens with one attached hydrogen (secondary N) is 2. The van der Waals surface area contributed by atoms with E-state index in [9.17, 15) is 9.59 Å². The smallest absolute Gasteiger partial charge is 0.239 e. The molecule has 5 heteroatoms. The van der Waals surface area contributed by atoms with Gasteiger partial charge in [0.25, 0.3) is 0 Å².